The Balaban J connectivity index is 1.33. The summed E-state index contributed by atoms with van der Waals surface area (Å²) < 4.78 is 6.43. The highest BCUT2D eigenvalue weighted by Crippen LogP contribution is 2.33. The number of benzene rings is 3. The third-order valence-electron chi connectivity index (χ3n) is 5.62. The molecular formula is C24H22N2O2S. The molecule has 1 fully saturated rings. The number of carbonyl (C=O) groups excluding carboxylic acids is 1. The number of ether oxygens (including phenoxy) is 1. The second-order valence-electron chi connectivity index (χ2n) is 7.29. The molecule has 29 heavy (non-hydrogen) atoms. The first-order valence-corrected chi connectivity index (χ1v) is 10.6. The molecule has 1 aliphatic rings. The van der Waals surface area contributed by atoms with E-state index in [2.05, 4.69) is 53.4 Å². The molecule has 0 atom stereocenters. The lowest BCUT2D eigenvalue weighted by Crippen LogP contribution is -2.48. The molecule has 1 aromatic heterocycles. The van der Waals surface area contributed by atoms with Gasteiger partial charge < -0.3 is 14.5 Å². The first-order chi connectivity index (χ1) is 14.2. The Kier molecular flexibility index (Phi) is 4.60. The molecule has 4 nitrogen and oxygen atoms in total. The second-order valence-corrected chi connectivity index (χ2v) is 8.35. The summed E-state index contributed by atoms with van der Waals surface area (Å²) in [4.78, 5) is 18.3. The number of anilines is 1. The first kappa shape index (κ1) is 18.0. The van der Waals surface area contributed by atoms with Gasteiger partial charge in [0.2, 0.25) is 0 Å². The Morgan fingerprint density at radius 3 is 2.38 bits per heavy atom. The van der Waals surface area contributed by atoms with Gasteiger partial charge in [-0.15, -0.1) is 11.3 Å². The molecule has 5 rings (SSSR count). The van der Waals surface area contributed by atoms with Crippen molar-refractivity contribution in [3.05, 3.63) is 71.6 Å². The van der Waals surface area contributed by atoms with Crippen molar-refractivity contribution in [1.29, 1.82) is 0 Å². The van der Waals surface area contributed by atoms with Crippen molar-refractivity contribution in [3.8, 4) is 5.75 Å². The van der Waals surface area contributed by atoms with E-state index in [1.807, 2.05) is 23.1 Å². The maximum Gasteiger partial charge on any atom is 0.264 e. The van der Waals surface area contributed by atoms with E-state index in [0.717, 1.165) is 42.2 Å². The summed E-state index contributed by atoms with van der Waals surface area (Å²) in [5.74, 6) is 1.00. The highest BCUT2D eigenvalue weighted by Gasteiger charge is 2.24. The number of amides is 1. The molecule has 1 amide bonds. The zero-order chi connectivity index (χ0) is 19.8. The second kappa shape index (κ2) is 7.41. The van der Waals surface area contributed by atoms with Gasteiger partial charge in [-0.1, -0.05) is 36.4 Å². The predicted octanol–water partition coefficient (Wildman–Crippen LogP) is 5.03. The maximum absolute atomic E-state index is 13.1. The number of rotatable bonds is 3. The minimum Gasteiger partial charge on any atom is -0.497 e. The van der Waals surface area contributed by atoms with Crippen LogP contribution in [-0.4, -0.2) is 44.1 Å². The Hall–Kier alpha value is -3.05. The number of fused-ring (bicyclic) bond motifs is 3. The quantitative estimate of drug-likeness (QED) is 0.482. The predicted molar refractivity (Wildman–Crippen MR) is 120 cm³/mol. The Morgan fingerprint density at radius 1 is 0.897 bits per heavy atom. The van der Waals surface area contributed by atoms with Gasteiger partial charge in [0.1, 0.15) is 5.75 Å². The fourth-order valence-corrected chi connectivity index (χ4v) is 5.15. The molecule has 0 N–H and O–H groups in total. The largest absolute Gasteiger partial charge is 0.497 e. The lowest BCUT2D eigenvalue weighted by atomic mass is 10.1. The summed E-state index contributed by atoms with van der Waals surface area (Å²) in [6, 6.07) is 22.8. The van der Waals surface area contributed by atoms with Gasteiger partial charge >= 0.3 is 0 Å². The van der Waals surface area contributed by atoms with Crippen LogP contribution < -0.4 is 9.64 Å². The van der Waals surface area contributed by atoms with Crippen molar-refractivity contribution in [1.82, 2.24) is 4.90 Å². The fourth-order valence-electron chi connectivity index (χ4n) is 3.99. The van der Waals surface area contributed by atoms with Gasteiger partial charge in [0.25, 0.3) is 5.91 Å². The Bertz CT molecular complexity index is 1170. The normalized spacial score (nSPS) is 14.5. The summed E-state index contributed by atoms with van der Waals surface area (Å²) in [7, 11) is 1.68. The highest BCUT2D eigenvalue weighted by molar-refractivity contribution is 7.21. The molecule has 0 unspecified atom stereocenters. The lowest BCUT2D eigenvalue weighted by Gasteiger charge is -2.36. The van der Waals surface area contributed by atoms with Crippen LogP contribution in [0.3, 0.4) is 0 Å². The van der Waals surface area contributed by atoms with Gasteiger partial charge in [0.15, 0.2) is 0 Å². The van der Waals surface area contributed by atoms with E-state index in [0.29, 0.717) is 0 Å². The zero-order valence-corrected chi connectivity index (χ0v) is 17.1. The van der Waals surface area contributed by atoms with Crippen LogP contribution in [0.2, 0.25) is 0 Å². The number of thiophene rings is 1. The number of nitrogens with zero attached hydrogens (tertiary/aromatic N) is 2. The molecule has 0 aliphatic carbocycles. The molecule has 0 bridgehead atoms. The minimum absolute atomic E-state index is 0.143. The monoisotopic (exact) mass is 402 g/mol. The van der Waals surface area contributed by atoms with Crippen LogP contribution in [0.4, 0.5) is 5.69 Å². The highest BCUT2D eigenvalue weighted by atomic mass is 32.1. The van der Waals surface area contributed by atoms with Gasteiger partial charge in [-0.05, 0) is 46.5 Å². The number of methoxy groups -OCH3 is 1. The third kappa shape index (κ3) is 3.32. The minimum atomic E-state index is 0.143. The first-order valence-electron chi connectivity index (χ1n) is 9.82. The molecule has 2 heterocycles. The zero-order valence-electron chi connectivity index (χ0n) is 16.3. The van der Waals surface area contributed by atoms with Crippen molar-refractivity contribution < 1.29 is 9.53 Å². The number of piperazine rings is 1. The molecule has 1 aliphatic heterocycles. The molecule has 0 radical (unpaired) electrons. The molecular weight excluding hydrogens is 380 g/mol. The smallest absolute Gasteiger partial charge is 0.264 e. The summed E-state index contributed by atoms with van der Waals surface area (Å²) in [6.07, 6.45) is 0. The van der Waals surface area contributed by atoms with Crippen LogP contribution in [0.5, 0.6) is 5.75 Å². The van der Waals surface area contributed by atoms with Crippen molar-refractivity contribution in [2.45, 2.75) is 0 Å². The standard InChI is InChI=1S/C24H22N2O2S/c1-28-20-10-8-19(9-11-20)25-12-14-26(15-13-25)24(27)22-16-18-7-6-17-4-2-3-5-21(17)23(18)29-22/h2-11,16H,12-15H2,1H3. The van der Waals surface area contributed by atoms with Gasteiger partial charge in [-0.3, -0.25) is 4.79 Å². The summed E-state index contributed by atoms with van der Waals surface area (Å²) in [5, 5.41) is 3.58. The summed E-state index contributed by atoms with van der Waals surface area (Å²) in [6.45, 7) is 3.15. The van der Waals surface area contributed by atoms with Crippen molar-refractivity contribution in [2.75, 3.05) is 38.2 Å². The summed E-state index contributed by atoms with van der Waals surface area (Å²) in [5.41, 5.74) is 1.17. The van der Waals surface area contributed by atoms with Crippen molar-refractivity contribution in [2.24, 2.45) is 0 Å². The van der Waals surface area contributed by atoms with E-state index in [-0.39, 0.29) is 5.91 Å². The van der Waals surface area contributed by atoms with Gasteiger partial charge in [0, 0.05) is 36.6 Å². The molecule has 5 heteroatoms. The van der Waals surface area contributed by atoms with Crippen molar-refractivity contribution >= 4 is 43.8 Å². The molecule has 146 valence electrons. The number of carbonyl (C=O) groups is 1. The van der Waals surface area contributed by atoms with Crippen LogP contribution in [-0.2, 0) is 0 Å². The molecule has 1 saturated heterocycles. The number of hydrogen-bond donors (Lipinski definition) is 0. The topological polar surface area (TPSA) is 32.8 Å². The van der Waals surface area contributed by atoms with E-state index >= 15 is 0 Å². The molecule has 0 spiro atoms. The number of hydrogen-bond acceptors (Lipinski definition) is 4. The Labute approximate surface area is 173 Å². The molecule has 0 saturated carbocycles. The van der Waals surface area contributed by atoms with Crippen molar-refractivity contribution in [3.63, 3.8) is 0 Å². The van der Waals surface area contributed by atoms with Gasteiger partial charge in [-0.2, -0.15) is 0 Å². The van der Waals surface area contributed by atoms with Crippen LogP contribution in [0.15, 0.2) is 66.7 Å². The van der Waals surface area contributed by atoms with Gasteiger partial charge in [0.05, 0.1) is 12.0 Å². The van der Waals surface area contributed by atoms with E-state index in [1.54, 1.807) is 18.4 Å². The van der Waals surface area contributed by atoms with Gasteiger partial charge in [-0.25, -0.2) is 0 Å². The molecule has 3 aromatic carbocycles. The van der Waals surface area contributed by atoms with E-state index in [4.69, 9.17) is 4.74 Å². The van der Waals surface area contributed by atoms with E-state index < -0.39 is 0 Å². The lowest BCUT2D eigenvalue weighted by molar-refractivity contribution is 0.0752. The summed E-state index contributed by atoms with van der Waals surface area (Å²) >= 11 is 1.61. The van der Waals surface area contributed by atoms with Crippen LogP contribution >= 0.6 is 11.3 Å². The van der Waals surface area contributed by atoms with E-state index in [1.165, 1.54) is 21.2 Å². The maximum atomic E-state index is 13.1. The van der Waals surface area contributed by atoms with Crippen LogP contribution in [0.25, 0.3) is 20.9 Å². The average Bonchev–Trinajstić information content (AvgIpc) is 3.24. The Morgan fingerprint density at radius 2 is 1.62 bits per heavy atom. The van der Waals surface area contributed by atoms with Crippen LogP contribution in [0, 0.1) is 0 Å². The fraction of sp³-hybridized carbons (Fsp3) is 0.208. The SMILES string of the molecule is COc1ccc(N2CCN(C(=O)c3cc4ccc5ccccc5c4s3)CC2)cc1. The molecule has 4 aromatic rings. The third-order valence-corrected chi connectivity index (χ3v) is 6.80. The van der Waals surface area contributed by atoms with E-state index in [9.17, 15) is 4.79 Å². The average molecular weight is 403 g/mol. The van der Waals surface area contributed by atoms with Crippen LogP contribution in [0.1, 0.15) is 9.67 Å².